The molecule has 0 aromatic heterocycles. The molecule has 1 aromatic rings. The van der Waals surface area contributed by atoms with Gasteiger partial charge in [-0.1, -0.05) is 56.2 Å². The van der Waals surface area contributed by atoms with Gasteiger partial charge >= 0.3 is 0 Å². The van der Waals surface area contributed by atoms with Crippen LogP contribution in [0.5, 0.6) is 0 Å². The first-order chi connectivity index (χ1) is 11.2. The molecule has 0 N–H and O–H groups in total. The molecular formula is C21H32O2. The summed E-state index contributed by atoms with van der Waals surface area (Å²) in [4.78, 5) is 0. The first-order valence-electron chi connectivity index (χ1n) is 9.13. The molecule has 128 valence electrons. The van der Waals surface area contributed by atoms with E-state index in [0.29, 0.717) is 0 Å². The highest BCUT2D eigenvalue weighted by Gasteiger charge is 2.20. The summed E-state index contributed by atoms with van der Waals surface area (Å²) in [6.45, 7) is 8.14. The van der Waals surface area contributed by atoms with Crippen LogP contribution in [0.1, 0.15) is 57.4 Å². The van der Waals surface area contributed by atoms with E-state index >= 15 is 0 Å². The number of ether oxygens (including phenoxy) is 2. The van der Waals surface area contributed by atoms with Crippen molar-refractivity contribution in [3.8, 4) is 0 Å². The number of allylic oxidation sites excluding steroid dienone is 1. The predicted octanol–water partition coefficient (Wildman–Crippen LogP) is 5.53. The summed E-state index contributed by atoms with van der Waals surface area (Å²) < 4.78 is 11.2. The molecule has 0 amide bonds. The summed E-state index contributed by atoms with van der Waals surface area (Å²) in [5.41, 5.74) is 1.67. The second-order valence-electron chi connectivity index (χ2n) is 6.97. The summed E-state index contributed by atoms with van der Waals surface area (Å²) in [7, 11) is 0. The molecule has 2 nitrogen and oxygen atoms in total. The van der Waals surface area contributed by atoms with E-state index in [9.17, 15) is 0 Å². The summed E-state index contributed by atoms with van der Waals surface area (Å²) >= 11 is 0. The van der Waals surface area contributed by atoms with Crippen molar-refractivity contribution >= 4 is 0 Å². The zero-order valence-electron chi connectivity index (χ0n) is 14.6. The average molecular weight is 316 g/mol. The Morgan fingerprint density at radius 2 is 1.83 bits per heavy atom. The molecule has 0 aliphatic carbocycles. The van der Waals surface area contributed by atoms with Crippen molar-refractivity contribution < 1.29 is 9.47 Å². The first-order valence-corrected chi connectivity index (χ1v) is 9.13. The Morgan fingerprint density at radius 1 is 1.09 bits per heavy atom. The molecule has 1 atom stereocenters. The van der Waals surface area contributed by atoms with Crippen molar-refractivity contribution in [2.45, 2.75) is 64.6 Å². The fourth-order valence-electron chi connectivity index (χ4n) is 3.12. The highest BCUT2D eigenvalue weighted by atomic mass is 16.7. The molecule has 1 fully saturated rings. The highest BCUT2D eigenvalue weighted by Crippen LogP contribution is 2.31. The van der Waals surface area contributed by atoms with E-state index in [-0.39, 0.29) is 11.7 Å². The zero-order chi connectivity index (χ0) is 16.4. The van der Waals surface area contributed by atoms with Gasteiger partial charge in [0.1, 0.15) is 0 Å². The number of rotatable bonds is 10. The van der Waals surface area contributed by atoms with Gasteiger partial charge in [0.15, 0.2) is 6.29 Å². The molecule has 1 aromatic carbocycles. The lowest BCUT2D eigenvalue weighted by molar-refractivity contribution is -0.181. The van der Waals surface area contributed by atoms with E-state index in [1.54, 1.807) is 0 Å². The van der Waals surface area contributed by atoms with Crippen LogP contribution in [0.2, 0.25) is 0 Å². The number of benzene rings is 1. The Kier molecular flexibility index (Phi) is 7.84. The zero-order valence-corrected chi connectivity index (χ0v) is 14.6. The maximum Gasteiger partial charge on any atom is 0.157 e. The van der Waals surface area contributed by atoms with Gasteiger partial charge in [0.05, 0.1) is 13.2 Å². The fourth-order valence-corrected chi connectivity index (χ4v) is 3.12. The van der Waals surface area contributed by atoms with Gasteiger partial charge in [-0.05, 0) is 49.5 Å². The van der Waals surface area contributed by atoms with Crippen LogP contribution in [-0.2, 0) is 15.9 Å². The summed E-state index contributed by atoms with van der Waals surface area (Å²) in [6.07, 6.45) is 11.5. The van der Waals surface area contributed by atoms with Crippen LogP contribution in [-0.4, -0.2) is 19.5 Å². The predicted molar refractivity (Wildman–Crippen MR) is 96.5 cm³/mol. The first kappa shape index (κ1) is 18.2. The molecule has 2 rings (SSSR count). The van der Waals surface area contributed by atoms with Crippen LogP contribution in [0.3, 0.4) is 0 Å². The monoisotopic (exact) mass is 316 g/mol. The molecule has 1 aliphatic rings. The fraction of sp³-hybridized carbons (Fsp3) is 0.619. The second-order valence-corrected chi connectivity index (χ2v) is 6.97. The second kappa shape index (κ2) is 9.89. The Morgan fingerprint density at radius 3 is 2.52 bits per heavy atom. The van der Waals surface area contributed by atoms with Gasteiger partial charge in [0, 0.05) is 0 Å². The Balaban J connectivity index is 1.62. The highest BCUT2D eigenvalue weighted by molar-refractivity contribution is 5.15. The van der Waals surface area contributed by atoms with Crippen LogP contribution in [0, 0.1) is 5.41 Å². The maximum absolute atomic E-state index is 5.60. The van der Waals surface area contributed by atoms with Crippen molar-refractivity contribution in [2.24, 2.45) is 5.41 Å². The van der Waals surface area contributed by atoms with Crippen molar-refractivity contribution in [2.75, 3.05) is 13.2 Å². The minimum absolute atomic E-state index is 0.0487. The molecule has 0 spiro atoms. The lowest BCUT2D eigenvalue weighted by Gasteiger charge is -2.26. The third-order valence-electron chi connectivity index (χ3n) is 4.90. The molecular weight excluding hydrogens is 284 g/mol. The Hall–Kier alpha value is -1.12. The molecule has 1 unspecified atom stereocenters. The van der Waals surface area contributed by atoms with Crippen LogP contribution in [0.15, 0.2) is 43.0 Å². The molecule has 1 heterocycles. The largest absolute Gasteiger partial charge is 0.353 e. The van der Waals surface area contributed by atoms with Crippen molar-refractivity contribution in [3.05, 3.63) is 48.6 Å². The number of hydrogen-bond acceptors (Lipinski definition) is 2. The lowest BCUT2D eigenvalue weighted by Crippen LogP contribution is -2.24. The SMILES string of the molecule is C=CC(C)(CCCCCC1OCCCO1)CCc1ccccc1. The van der Waals surface area contributed by atoms with E-state index < -0.39 is 0 Å². The van der Waals surface area contributed by atoms with Gasteiger partial charge in [-0.25, -0.2) is 0 Å². The van der Waals surface area contributed by atoms with Gasteiger partial charge in [0.2, 0.25) is 0 Å². The topological polar surface area (TPSA) is 18.5 Å². The van der Waals surface area contributed by atoms with Gasteiger partial charge < -0.3 is 9.47 Å². The van der Waals surface area contributed by atoms with Gasteiger partial charge in [-0.3, -0.25) is 0 Å². The Labute approximate surface area is 141 Å². The third-order valence-corrected chi connectivity index (χ3v) is 4.90. The normalized spacial score (nSPS) is 18.5. The van der Waals surface area contributed by atoms with Crippen molar-refractivity contribution in [3.63, 3.8) is 0 Å². The summed E-state index contributed by atoms with van der Waals surface area (Å²) in [6, 6.07) is 10.8. The molecule has 23 heavy (non-hydrogen) atoms. The van der Waals surface area contributed by atoms with Gasteiger partial charge in [0.25, 0.3) is 0 Å². The van der Waals surface area contributed by atoms with Gasteiger partial charge in [-0.2, -0.15) is 0 Å². The van der Waals surface area contributed by atoms with Crippen LogP contribution >= 0.6 is 0 Å². The van der Waals surface area contributed by atoms with Crippen LogP contribution in [0.25, 0.3) is 0 Å². The van der Waals surface area contributed by atoms with E-state index in [1.807, 2.05) is 0 Å². The van der Waals surface area contributed by atoms with E-state index in [4.69, 9.17) is 9.47 Å². The molecule has 0 bridgehead atoms. The lowest BCUT2D eigenvalue weighted by atomic mass is 9.79. The van der Waals surface area contributed by atoms with Crippen LogP contribution in [0.4, 0.5) is 0 Å². The number of aryl methyl sites for hydroxylation is 1. The number of unbranched alkanes of at least 4 members (excludes halogenated alkanes) is 2. The van der Waals surface area contributed by atoms with E-state index in [1.165, 1.54) is 37.7 Å². The standard InChI is InChI=1S/C21H32O2/c1-3-21(2,16-14-19-11-6-4-7-12-19)15-9-5-8-13-20-22-17-10-18-23-20/h3-4,6-7,11-12,20H,1,5,8-10,13-18H2,2H3. The quantitative estimate of drug-likeness (QED) is 0.417. The maximum atomic E-state index is 5.60. The molecule has 1 aliphatic heterocycles. The van der Waals surface area contributed by atoms with E-state index in [2.05, 4.69) is 49.9 Å². The van der Waals surface area contributed by atoms with E-state index in [0.717, 1.165) is 32.5 Å². The molecule has 0 saturated carbocycles. The minimum Gasteiger partial charge on any atom is -0.353 e. The third kappa shape index (κ3) is 6.88. The molecule has 0 radical (unpaired) electrons. The average Bonchev–Trinajstić information content (AvgIpc) is 2.61. The van der Waals surface area contributed by atoms with Crippen LogP contribution < -0.4 is 0 Å². The summed E-state index contributed by atoms with van der Waals surface area (Å²) in [5, 5.41) is 0. The van der Waals surface area contributed by atoms with Crippen molar-refractivity contribution in [1.29, 1.82) is 0 Å². The van der Waals surface area contributed by atoms with Crippen molar-refractivity contribution in [1.82, 2.24) is 0 Å². The smallest absolute Gasteiger partial charge is 0.157 e. The molecule has 2 heteroatoms. The Bertz CT molecular complexity index is 436. The minimum atomic E-state index is 0.0487. The molecule has 1 saturated heterocycles. The number of hydrogen-bond donors (Lipinski definition) is 0. The summed E-state index contributed by atoms with van der Waals surface area (Å²) in [5.74, 6) is 0. The van der Waals surface area contributed by atoms with Gasteiger partial charge in [-0.15, -0.1) is 6.58 Å².